The number of pyridine rings is 1. The molecule has 0 aliphatic carbocycles. The number of hydrogen-bond acceptors (Lipinski definition) is 4. The maximum absolute atomic E-state index is 12.5. The number of likely N-dealkylation sites (N-methyl/N-ethyl adjacent to an activating group) is 1. The molecule has 5 nitrogen and oxygen atoms in total. The van der Waals surface area contributed by atoms with Gasteiger partial charge in [0.25, 0.3) is 0 Å². The van der Waals surface area contributed by atoms with Crippen LogP contribution < -0.4 is 10.6 Å². The molecule has 0 bridgehead atoms. The highest BCUT2D eigenvalue weighted by Gasteiger charge is 2.22. The van der Waals surface area contributed by atoms with Crippen molar-refractivity contribution in [3.63, 3.8) is 0 Å². The number of anilines is 1. The Labute approximate surface area is 144 Å². The highest BCUT2D eigenvalue weighted by molar-refractivity contribution is 5.83. The Morgan fingerprint density at radius 1 is 1.21 bits per heavy atom. The average Bonchev–Trinajstić information content (AvgIpc) is 2.55. The van der Waals surface area contributed by atoms with Gasteiger partial charge in [-0.3, -0.25) is 14.7 Å². The first kappa shape index (κ1) is 17.9. The molecule has 1 atom stereocenters. The first-order valence-corrected chi connectivity index (χ1v) is 8.22. The van der Waals surface area contributed by atoms with Gasteiger partial charge in [-0.2, -0.15) is 0 Å². The Morgan fingerprint density at radius 3 is 2.71 bits per heavy atom. The summed E-state index contributed by atoms with van der Waals surface area (Å²) in [7, 11) is 3.85. The number of carbonyl (C=O) groups excluding carboxylic acids is 1. The largest absolute Gasteiger partial charge is 0.384 e. The van der Waals surface area contributed by atoms with Crippen LogP contribution in [0.3, 0.4) is 0 Å². The molecule has 0 saturated heterocycles. The molecule has 2 N–H and O–H groups in total. The molecule has 0 saturated carbocycles. The zero-order valence-corrected chi connectivity index (χ0v) is 14.6. The Hall–Kier alpha value is -2.40. The van der Waals surface area contributed by atoms with E-state index in [9.17, 15) is 4.79 Å². The van der Waals surface area contributed by atoms with E-state index in [0.717, 1.165) is 29.8 Å². The molecule has 1 aromatic heterocycles. The number of hydrogen-bond donors (Lipinski definition) is 2. The van der Waals surface area contributed by atoms with Crippen LogP contribution in [0.5, 0.6) is 0 Å². The SMILES string of the molecule is Cc1cccc([C@H](C(=O)NCCCNc2cccnc2)N(C)C)c1. The standard InChI is InChI=1S/C19H26N4O/c1-15-7-4-8-16(13-15)18(23(2)3)19(24)22-12-6-11-21-17-9-5-10-20-14-17/h4-5,7-10,13-14,18,21H,6,11-12H2,1-3H3,(H,22,24)/t18-/m1/s1. The van der Waals surface area contributed by atoms with Crippen LogP contribution in [-0.4, -0.2) is 43.0 Å². The molecule has 1 aromatic carbocycles. The first-order valence-electron chi connectivity index (χ1n) is 8.22. The molecular weight excluding hydrogens is 300 g/mol. The number of nitrogens with one attached hydrogen (secondary N) is 2. The Morgan fingerprint density at radius 2 is 2.04 bits per heavy atom. The topological polar surface area (TPSA) is 57.3 Å². The number of nitrogens with zero attached hydrogens (tertiary/aromatic N) is 2. The summed E-state index contributed by atoms with van der Waals surface area (Å²) in [6, 6.07) is 11.7. The van der Waals surface area contributed by atoms with Crippen molar-refractivity contribution in [3.05, 3.63) is 59.9 Å². The molecule has 0 aliphatic rings. The van der Waals surface area contributed by atoms with Gasteiger partial charge in [-0.05, 0) is 45.1 Å². The highest BCUT2D eigenvalue weighted by atomic mass is 16.2. The van der Waals surface area contributed by atoms with Crippen molar-refractivity contribution in [1.29, 1.82) is 0 Å². The van der Waals surface area contributed by atoms with Crippen LogP contribution >= 0.6 is 0 Å². The Balaban J connectivity index is 1.81. The van der Waals surface area contributed by atoms with E-state index in [4.69, 9.17) is 0 Å². The van der Waals surface area contributed by atoms with Gasteiger partial charge < -0.3 is 10.6 Å². The van der Waals surface area contributed by atoms with Crippen molar-refractivity contribution in [3.8, 4) is 0 Å². The summed E-state index contributed by atoms with van der Waals surface area (Å²) in [5.74, 6) is 0.0342. The summed E-state index contributed by atoms with van der Waals surface area (Å²) in [5, 5.41) is 6.32. The van der Waals surface area contributed by atoms with Crippen molar-refractivity contribution >= 4 is 11.6 Å². The highest BCUT2D eigenvalue weighted by Crippen LogP contribution is 2.19. The van der Waals surface area contributed by atoms with E-state index in [-0.39, 0.29) is 11.9 Å². The predicted molar refractivity (Wildman–Crippen MR) is 98.0 cm³/mol. The molecule has 2 aromatic rings. The zero-order valence-electron chi connectivity index (χ0n) is 14.6. The van der Waals surface area contributed by atoms with Gasteiger partial charge in [0.05, 0.1) is 5.69 Å². The van der Waals surface area contributed by atoms with Crippen LogP contribution in [0, 0.1) is 6.92 Å². The lowest BCUT2D eigenvalue weighted by Gasteiger charge is -2.24. The summed E-state index contributed by atoms with van der Waals surface area (Å²) in [4.78, 5) is 18.5. The van der Waals surface area contributed by atoms with Gasteiger partial charge in [0, 0.05) is 25.5 Å². The number of benzene rings is 1. The number of carbonyl (C=O) groups is 1. The Kier molecular flexibility index (Phi) is 6.75. The molecule has 24 heavy (non-hydrogen) atoms. The van der Waals surface area contributed by atoms with Crippen molar-refractivity contribution in [2.24, 2.45) is 0 Å². The minimum Gasteiger partial charge on any atom is -0.384 e. The number of rotatable bonds is 8. The maximum Gasteiger partial charge on any atom is 0.241 e. The fourth-order valence-corrected chi connectivity index (χ4v) is 2.62. The van der Waals surface area contributed by atoms with Crippen LogP contribution in [0.1, 0.15) is 23.6 Å². The van der Waals surface area contributed by atoms with E-state index in [2.05, 4.69) is 21.7 Å². The van der Waals surface area contributed by atoms with Crippen LogP contribution in [0.4, 0.5) is 5.69 Å². The molecule has 5 heteroatoms. The minimum absolute atomic E-state index is 0.0342. The summed E-state index contributed by atoms with van der Waals surface area (Å²) in [5.41, 5.74) is 3.17. The molecular formula is C19H26N4O. The van der Waals surface area contributed by atoms with Gasteiger partial charge >= 0.3 is 0 Å². The quantitative estimate of drug-likeness (QED) is 0.732. The zero-order chi connectivity index (χ0) is 17.4. The number of amides is 1. The minimum atomic E-state index is -0.267. The van der Waals surface area contributed by atoms with E-state index in [1.54, 1.807) is 12.4 Å². The average molecular weight is 326 g/mol. The molecule has 0 unspecified atom stereocenters. The van der Waals surface area contributed by atoms with Gasteiger partial charge in [0.2, 0.25) is 5.91 Å². The molecule has 1 amide bonds. The van der Waals surface area contributed by atoms with Gasteiger partial charge in [0.15, 0.2) is 0 Å². The normalized spacial score (nSPS) is 12.0. The lowest BCUT2D eigenvalue weighted by atomic mass is 10.0. The second-order valence-corrected chi connectivity index (χ2v) is 6.09. The second-order valence-electron chi connectivity index (χ2n) is 6.09. The lowest BCUT2D eigenvalue weighted by molar-refractivity contribution is -0.125. The third kappa shape index (κ3) is 5.35. The van der Waals surface area contributed by atoms with Crippen molar-refractivity contribution < 1.29 is 4.79 Å². The van der Waals surface area contributed by atoms with Crippen molar-refractivity contribution in [2.45, 2.75) is 19.4 Å². The number of aromatic nitrogens is 1. The van der Waals surface area contributed by atoms with E-state index < -0.39 is 0 Å². The van der Waals surface area contributed by atoms with Gasteiger partial charge in [-0.15, -0.1) is 0 Å². The molecule has 0 radical (unpaired) electrons. The maximum atomic E-state index is 12.5. The smallest absolute Gasteiger partial charge is 0.241 e. The third-order valence-corrected chi connectivity index (χ3v) is 3.77. The van der Waals surface area contributed by atoms with E-state index >= 15 is 0 Å². The van der Waals surface area contributed by atoms with Crippen LogP contribution in [0.25, 0.3) is 0 Å². The first-order chi connectivity index (χ1) is 11.6. The molecule has 0 fully saturated rings. The summed E-state index contributed by atoms with van der Waals surface area (Å²) in [6.45, 7) is 3.48. The molecule has 0 aliphatic heterocycles. The van der Waals surface area contributed by atoms with E-state index in [1.165, 1.54) is 0 Å². The third-order valence-electron chi connectivity index (χ3n) is 3.77. The van der Waals surface area contributed by atoms with Crippen LogP contribution in [0.15, 0.2) is 48.8 Å². The number of aryl methyl sites for hydroxylation is 1. The van der Waals surface area contributed by atoms with Crippen molar-refractivity contribution in [1.82, 2.24) is 15.2 Å². The predicted octanol–water partition coefficient (Wildman–Crippen LogP) is 2.61. The fraction of sp³-hybridized carbons (Fsp3) is 0.368. The van der Waals surface area contributed by atoms with Gasteiger partial charge in [-0.1, -0.05) is 29.8 Å². The van der Waals surface area contributed by atoms with E-state index in [1.807, 2.05) is 56.3 Å². The van der Waals surface area contributed by atoms with E-state index in [0.29, 0.717) is 6.54 Å². The summed E-state index contributed by atoms with van der Waals surface area (Å²) < 4.78 is 0. The second kappa shape index (κ2) is 9.03. The Bertz CT molecular complexity index is 643. The molecule has 128 valence electrons. The molecule has 1 heterocycles. The van der Waals surface area contributed by atoms with Gasteiger partial charge in [0.1, 0.15) is 6.04 Å². The molecule has 2 rings (SSSR count). The van der Waals surface area contributed by atoms with Crippen LogP contribution in [0.2, 0.25) is 0 Å². The van der Waals surface area contributed by atoms with Gasteiger partial charge in [-0.25, -0.2) is 0 Å². The fourth-order valence-electron chi connectivity index (χ4n) is 2.62. The summed E-state index contributed by atoms with van der Waals surface area (Å²) >= 11 is 0. The monoisotopic (exact) mass is 326 g/mol. The lowest BCUT2D eigenvalue weighted by Crippen LogP contribution is -2.37. The van der Waals surface area contributed by atoms with Crippen LogP contribution in [-0.2, 0) is 4.79 Å². The molecule has 0 spiro atoms. The summed E-state index contributed by atoms with van der Waals surface area (Å²) in [6.07, 6.45) is 4.39. The van der Waals surface area contributed by atoms with Crippen molar-refractivity contribution in [2.75, 3.05) is 32.5 Å².